The molecule has 3 N–H and O–H groups in total. The number of nitrogens with zero attached hydrogens (tertiary/aromatic N) is 5. The van der Waals surface area contributed by atoms with Gasteiger partial charge in [-0.2, -0.15) is 15.2 Å². The fourth-order valence-electron chi connectivity index (χ4n) is 2.88. The molecule has 2 unspecified atom stereocenters. The van der Waals surface area contributed by atoms with Crippen molar-refractivity contribution in [3.8, 4) is 6.07 Å². The molecular formula is C11H11N7. The highest BCUT2D eigenvalue weighted by Crippen LogP contribution is 2.57. The van der Waals surface area contributed by atoms with E-state index in [0.29, 0.717) is 11.6 Å². The molecule has 90 valence electrons. The first-order valence-electron chi connectivity index (χ1n) is 5.85. The summed E-state index contributed by atoms with van der Waals surface area (Å²) in [5, 5.41) is 9.21. The Kier molecular flexibility index (Phi) is 1.56. The van der Waals surface area contributed by atoms with Crippen molar-refractivity contribution in [2.45, 2.75) is 6.42 Å². The molecule has 2 fully saturated rings. The molecule has 1 saturated carbocycles. The number of nitriles is 1. The lowest BCUT2D eigenvalue weighted by Gasteiger charge is -2.20. The van der Waals surface area contributed by atoms with Crippen LogP contribution in [0.5, 0.6) is 0 Å². The van der Waals surface area contributed by atoms with Crippen LogP contribution in [0.4, 0.5) is 11.8 Å². The van der Waals surface area contributed by atoms with Crippen molar-refractivity contribution in [2.75, 3.05) is 23.7 Å². The molecule has 4 rings (SSSR count). The number of H-pyrrole nitrogens is 1. The number of hydrogen-bond donors (Lipinski definition) is 2. The average molecular weight is 241 g/mol. The number of aromatic amines is 1. The Morgan fingerprint density at radius 3 is 3.22 bits per heavy atom. The van der Waals surface area contributed by atoms with Gasteiger partial charge in [-0.25, -0.2) is 4.98 Å². The number of imidazole rings is 1. The van der Waals surface area contributed by atoms with Gasteiger partial charge in [0.05, 0.1) is 17.8 Å². The lowest BCUT2D eigenvalue weighted by atomic mass is 10.1. The van der Waals surface area contributed by atoms with Crippen molar-refractivity contribution in [1.29, 1.82) is 5.26 Å². The molecule has 7 nitrogen and oxygen atoms in total. The molecule has 0 bridgehead atoms. The summed E-state index contributed by atoms with van der Waals surface area (Å²) in [6.07, 6.45) is 2.59. The first-order chi connectivity index (χ1) is 8.72. The zero-order valence-corrected chi connectivity index (χ0v) is 9.59. The van der Waals surface area contributed by atoms with Crippen LogP contribution in [0.2, 0.25) is 0 Å². The third kappa shape index (κ3) is 1.09. The van der Waals surface area contributed by atoms with Crippen LogP contribution in [0.15, 0.2) is 6.33 Å². The number of rotatable bonds is 1. The van der Waals surface area contributed by atoms with E-state index in [0.717, 1.165) is 30.8 Å². The minimum atomic E-state index is -0.161. The lowest BCUT2D eigenvalue weighted by molar-refractivity contribution is 0.693. The number of nitrogens with one attached hydrogen (secondary N) is 1. The van der Waals surface area contributed by atoms with Gasteiger partial charge in [-0.3, -0.25) is 0 Å². The summed E-state index contributed by atoms with van der Waals surface area (Å²) < 4.78 is 0. The highest BCUT2D eigenvalue weighted by molar-refractivity contribution is 5.84. The van der Waals surface area contributed by atoms with Gasteiger partial charge in [-0.1, -0.05) is 0 Å². The summed E-state index contributed by atoms with van der Waals surface area (Å²) in [5.74, 6) is 1.45. The molecule has 1 saturated heterocycles. The van der Waals surface area contributed by atoms with Crippen molar-refractivity contribution in [1.82, 2.24) is 19.9 Å². The van der Waals surface area contributed by atoms with E-state index in [2.05, 4.69) is 30.9 Å². The Hall–Kier alpha value is -2.36. The van der Waals surface area contributed by atoms with Gasteiger partial charge in [0, 0.05) is 13.1 Å². The van der Waals surface area contributed by atoms with Crippen molar-refractivity contribution in [3.63, 3.8) is 0 Å². The molecule has 1 aliphatic carbocycles. The lowest BCUT2D eigenvalue weighted by Crippen LogP contribution is -2.25. The summed E-state index contributed by atoms with van der Waals surface area (Å²) >= 11 is 0. The predicted molar refractivity (Wildman–Crippen MR) is 64.5 cm³/mol. The Balaban J connectivity index is 1.80. The van der Waals surface area contributed by atoms with Crippen LogP contribution in [0.25, 0.3) is 11.2 Å². The molecule has 3 heterocycles. The van der Waals surface area contributed by atoms with Crippen LogP contribution in [0.3, 0.4) is 0 Å². The first-order valence-corrected chi connectivity index (χ1v) is 5.85. The van der Waals surface area contributed by atoms with Gasteiger partial charge in [-0.05, 0) is 12.3 Å². The van der Waals surface area contributed by atoms with E-state index in [1.165, 1.54) is 0 Å². The van der Waals surface area contributed by atoms with Crippen molar-refractivity contribution in [3.05, 3.63) is 6.33 Å². The van der Waals surface area contributed by atoms with Gasteiger partial charge in [0.1, 0.15) is 5.52 Å². The fraction of sp³-hybridized carbons (Fsp3) is 0.455. The second-order valence-electron chi connectivity index (χ2n) is 5.06. The predicted octanol–water partition coefficient (Wildman–Crippen LogP) is 0.285. The molecule has 1 aliphatic heterocycles. The maximum Gasteiger partial charge on any atom is 0.224 e. The van der Waals surface area contributed by atoms with Crippen molar-refractivity contribution in [2.24, 2.45) is 11.3 Å². The monoisotopic (exact) mass is 241 g/mol. The molecule has 2 aromatic rings. The van der Waals surface area contributed by atoms with E-state index in [9.17, 15) is 5.26 Å². The largest absolute Gasteiger partial charge is 0.368 e. The number of nitrogen functional groups attached to an aromatic ring is 1. The van der Waals surface area contributed by atoms with Gasteiger partial charge < -0.3 is 15.6 Å². The van der Waals surface area contributed by atoms with Crippen molar-refractivity contribution >= 4 is 22.9 Å². The van der Waals surface area contributed by atoms with Crippen LogP contribution in [-0.4, -0.2) is 33.0 Å². The Morgan fingerprint density at radius 2 is 2.44 bits per heavy atom. The van der Waals surface area contributed by atoms with Gasteiger partial charge in [0.2, 0.25) is 5.95 Å². The number of fused-ring (bicyclic) bond motifs is 2. The normalized spacial score (nSPS) is 29.3. The number of piperidine rings is 1. The van der Waals surface area contributed by atoms with E-state index in [-0.39, 0.29) is 11.4 Å². The molecule has 2 aromatic heterocycles. The van der Waals surface area contributed by atoms with Crippen LogP contribution in [-0.2, 0) is 0 Å². The van der Waals surface area contributed by atoms with Crippen LogP contribution in [0.1, 0.15) is 6.42 Å². The smallest absolute Gasteiger partial charge is 0.224 e. The molecule has 0 radical (unpaired) electrons. The van der Waals surface area contributed by atoms with Crippen LogP contribution >= 0.6 is 0 Å². The molecule has 18 heavy (non-hydrogen) atoms. The molecule has 0 spiro atoms. The summed E-state index contributed by atoms with van der Waals surface area (Å²) in [7, 11) is 0. The number of nitrogens with two attached hydrogens (primary N) is 1. The molecule has 0 amide bonds. The molecular weight excluding hydrogens is 230 g/mol. The fourth-order valence-corrected chi connectivity index (χ4v) is 2.88. The zero-order valence-electron chi connectivity index (χ0n) is 9.59. The van der Waals surface area contributed by atoms with E-state index in [1.54, 1.807) is 6.33 Å². The number of aromatic nitrogens is 4. The standard InChI is InChI=1S/C11H11N7/c12-3-11-1-6(11)2-18(4-11)9-7-8(15-5-14-7)16-10(13)17-9/h5-6H,1-2,4H2,(H3,13,14,15,16,17). The van der Waals surface area contributed by atoms with E-state index >= 15 is 0 Å². The van der Waals surface area contributed by atoms with Crippen LogP contribution in [0, 0.1) is 22.7 Å². The van der Waals surface area contributed by atoms with Gasteiger partial charge in [0.15, 0.2) is 11.5 Å². The maximum absolute atomic E-state index is 9.21. The third-order valence-corrected chi connectivity index (χ3v) is 3.95. The Labute approximate surface area is 103 Å². The highest BCUT2D eigenvalue weighted by atomic mass is 15.3. The van der Waals surface area contributed by atoms with Gasteiger partial charge >= 0.3 is 0 Å². The van der Waals surface area contributed by atoms with Gasteiger partial charge in [0.25, 0.3) is 0 Å². The second kappa shape index (κ2) is 2.90. The van der Waals surface area contributed by atoms with Crippen molar-refractivity contribution < 1.29 is 0 Å². The molecule has 0 aromatic carbocycles. The third-order valence-electron chi connectivity index (χ3n) is 3.95. The van der Waals surface area contributed by atoms with Gasteiger partial charge in [-0.15, -0.1) is 0 Å². The maximum atomic E-state index is 9.21. The molecule has 7 heteroatoms. The molecule has 2 aliphatic rings. The van der Waals surface area contributed by atoms with Crippen LogP contribution < -0.4 is 10.6 Å². The Bertz CT molecular complexity index is 684. The topological polar surface area (TPSA) is 108 Å². The quantitative estimate of drug-likeness (QED) is 0.742. The summed E-state index contributed by atoms with van der Waals surface area (Å²) in [6.45, 7) is 1.58. The average Bonchev–Trinajstić information content (AvgIpc) is 2.77. The summed E-state index contributed by atoms with van der Waals surface area (Å²) in [5.41, 5.74) is 6.90. The summed E-state index contributed by atoms with van der Waals surface area (Å²) in [6, 6.07) is 2.43. The zero-order chi connectivity index (χ0) is 12.3. The number of anilines is 2. The first kappa shape index (κ1) is 9.65. The summed E-state index contributed by atoms with van der Waals surface area (Å²) in [4.78, 5) is 17.6. The minimum Gasteiger partial charge on any atom is -0.368 e. The highest BCUT2D eigenvalue weighted by Gasteiger charge is 2.61. The number of hydrogen-bond acceptors (Lipinski definition) is 6. The SMILES string of the molecule is N#CC12CC1CN(c1nc(N)nc3nc[nH]c13)C2. The van der Waals surface area contributed by atoms with E-state index in [4.69, 9.17) is 5.73 Å². The van der Waals surface area contributed by atoms with E-state index in [1.807, 2.05) is 0 Å². The molecule has 2 atom stereocenters. The van der Waals surface area contributed by atoms with E-state index < -0.39 is 0 Å². The minimum absolute atomic E-state index is 0.161. The second-order valence-corrected chi connectivity index (χ2v) is 5.06. The Morgan fingerprint density at radius 1 is 1.56 bits per heavy atom.